The van der Waals surface area contributed by atoms with Gasteiger partial charge in [0.2, 0.25) is 0 Å². The highest BCUT2D eigenvalue weighted by atomic mass is 16.2. The number of aryl methyl sites for hydroxylation is 1. The number of aromatic nitrogens is 2. The van der Waals surface area contributed by atoms with Crippen molar-refractivity contribution >= 4 is 16.9 Å². The van der Waals surface area contributed by atoms with Gasteiger partial charge in [0.15, 0.2) is 5.69 Å². The summed E-state index contributed by atoms with van der Waals surface area (Å²) < 4.78 is 0. The first kappa shape index (κ1) is 13.0. The van der Waals surface area contributed by atoms with Crippen LogP contribution in [-0.4, -0.2) is 47.0 Å². The number of amides is 1. The van der Waals surface area contributed by atoms with Crippen LogP contribution in [0.2, 0.25) is 0 Å². The van der Waals surface area contributed by atoms with Crippen LogP contribution in [0.25, 0.3) is 11.0 Å². The van der Waals surface area contributed by atoms with Crippen LogP contribution in [0, 0.1) is 0 Å². The van der Waals surface area contributed by atoms with E-state index in [1.807, 2.05) is 36.1 Å². The zero-order valence-corrected chi connectivity index (χ0v) is 11.6. The van der Waals surface area contributed by atoms with Crippen molar-refractivity contribution < 1.29 is 4.79 Å². The third kappa shape index (κ3) is 2.36. The minimum Gasteiger partial charge on any atom is -0.335 e. The van der Waals surface area contributed by atoms with E-state index < -0.39 is 0 Å². The molecule has 1 aromatic carbocycles. The van der Waals surface area contributed by atoms with Crippen molar-refractivity contribution in [3.63, 3.8) is 0 Å². The first-order valence-corrected chi connectivity index (χ1v) is 7.05. The van der Waals surface area contributed by atoms with E-state index in [1.165, 1.54) is 0 Å². The zero-order chi connectivity index (χ0) is 13.9. The Morgan fingerprint density at radius 1 is 1.20 bits per heavy atom. The number of hydrogen-bond donors (Lipinski definition) is 1. The van der Waals surface area contributed by atoms with Gasteiger partial charge in [0.05, 0.1) is 16.7 Å². The highest BCUT2D eigenvalue weighted by Crippen LogP contribution is 2.15. The summed E-state index contributed by atoms with van der Waals surface area (Å²) in [5.41, 5.74) is 2.92. The molecular weight excluding hydrogens is 252 g/mol. The van der Waals surface area contributed by atoms with Gasteiger partial charge in [0.25, 0.3) is 5.91 Å². The first-order chi connectivity index (χ1) is 9.79. The van der Waals surface area contributed by atoms with Crippen LogP contribution in [-0.2, 0) is 6.42 Å². The lowest BCUT2D eigenvalue weighted by Gasteiger charge is -2.27. The molecule has 2 heterocycles. The molecule has 1 saturated heterocycles. The molecular formula is C15H18N4O. The van der Waals surface area contributed by atoms with E-state index in [0.29, 0.717) is 12.1 Å². The van der Waals surface area contributed by atoms with Crippen LogP contribution in [0.5, 0.6) is 0 Å². The fourth-order valence-corrected chi connectivity index (χ4v) is 2.47. The van der Waals surface area contributed by atoms with Crippen LogP contribution in [0.3, 0.4) is 0 Å². The summed E-state index contributed by atoms with van der Waals surface area (Å²) >= 11 is 0. The summed E-state index contributed by atoms with van der Waals surface area (Å²) in [6.45, 7) is 5.16. The molecule has 0 bridgehead atoms. The van der Waals surface area contributed by atoms with Crippen molar-refractivity contribution in [3.8, 4) is 0 Å². The van der Waals surface area contributed by atoms with Gasteiger partial charge < -0.3 is 10.2 Å². The second-order valence-electron chi connectivity index (χ2n) is 4.90. The maximum atomic E-state index is 12.6. The van der Waals surface area contributed by atoms with E-state index >= 15 is 0 Å². The van der Waals surface area contributed by atoms with Gasteiger partial charge in [0.1, 0.15) is 0 Å². The molecule has 1 aromatic heterocycles. The van der Waals surface area contributed by atoms with Crippen molar-refractivity contribution in [1.29, 1.82) is 0 Å². The normalized spacial score (nSPS) is 15.6. The molecule has 1 amide bonds. The van der Waals surface area contributed by atoms with Crippen LogP contribution in [0.15, 0.2) is 24.3 Å². The smallest absolute Gasteiger partial charge is 0.274 e. The molecule has 2 aromatic rings. The Morgan fingerprint density at radius 3 is 2.50 bits per heavy atom. The summed E-state index contributed by atoms with van der Waals surface area (Å²) in [5, 5.41) is 3.25. The van der Waals surface area contributed by atoms with Crippen LogP contribution >= 0.6 is 0 Å². The minimum atomic E-state index is 0.00148. The maximum absolute atomic E-state index is 12.6. The second kappa shape index (κ2) is 5.54. The monoisotopic (exact) mass is 270 g/mol. The summed E-state index contributed by atoms with van der Waals surface area (Å²) in [6, 6.07) is 7.69. The highest BCUT2D eigenvalue weighted by molar-refractivity contribution is 5.95. The van der Waals surface area contributed by atoms with Gasteiger partial charge in [-0.15, -0.1) is 0 Å². The van der Waals surface area contributed by atoms with Crippen molar-refractivity contribution in [2.45, 2.75) is 13.3 Å². The lowest BCUT2D eigenvalue weighted by Crippen LogP contribution is -2.46. The molecule has 0 radical (unpaired) electrons. The van der Waals surface area contributed by atoms with E-state index in [9.17, 15) is 4.79 Å². The van der Waals surface area contributed by atoms with Crippen molar-refractivity contribution in [3.05, 3.63) is 35.7 Å². The molecule has 1 N–H and O–H groups in total. The summed E-state index contributed by atoms with van der Waals surface area (Å²) in [4.78, 5) is 23.6. The van der Waals surface area contributed by atoms with Gasteiger partial charge in [-0.05, 0) is 18.6 Å². The molecule has 0 atom stereocenters. The molecule has 1 aliphatic rings. The fraction of sp³-hybridized carbons (Fsp3) is 0.400. The molecule has 0 saturated carbocycles. The third-order valence-electron chi connectivity index (χ3n) is 3.58. The van der Waals surface area contributed by atoms with Gasteiger partial charge in [-0.3, -0.25) is 4.79 Å². The summed E-state index contributed by atoms with van der Waals surface area (Å²) in [7, 11) is 0. The molecule has 0 spiro atoms. The number of rotatable bonds is 2. The molecule has 104 valence electrons. The number of para-hydroxylation sites is 2. The molecule has 0 aliphatic carbocycles. The average molecular weight is 270 g/mol. The Balaban J connectivity index is 2.02. The number of carbonyl (C=O) groups is 1. The number of benzene rings is 1. The van der Waals surface area contributed by atoms with Crippen molar-refractivity contribution in [2.24, 2.45) is 0 Å². The topological polar surface area (TPSA) is 58.1 Å². The maximum Gasteiger partial charge on any atom is 0.274 e. The number of nitrogens with one attached hydrogen (secondary N) is 1. The third-order valence-corrected chi connectivity index (χ3v) is 3.58. The van der Waals surface area contributed by atoms with Gasteiger partial charge >= 0.3 is 0 Å². The van der Waals surface area contributed by atoms with Gasteiger partial charge in [-0.2, -0.15) is 0 Å². The lowest BCUT2D eigenvalue weighted by molar-refractivity contribution is 0.0728. The molecule has 0 unspecified atom stereocenters. The van der Waals surface area contributed by atoms with E-state index in [4.69, 9.17) is 0 Å². The number of fused-ring (bicyclic) bond motifs is 1. The highest BCUT2D eigenvalue weighted by Gasteiger charge is 2.22. The fourth-order valence-electron chi connectivity index (χ4n) is 2.47. The number of hydrogen-bond acceptors (Lipinski definition) is 4. The molecule has 3 rings (SSSR count). The molecule has 1 aliphatic heterocycles. The first-order valence-electron chi connectivity index (χ1n) is 7.05. The SMILES string of the molecule is CCc1nc2ccccc2nc1C(=O)N1CCNCC1. The molecule has 5 heteroatoms. The van der Waals surface area contributed by atoms with E-state index in [2.05, 4.69) is 15.3 Å². The van der Waals surface area contributed by atoms with Crippen LogP contribution in [0.4, 0.5) is 0 Å². The summed E-state index contributed by atoms with van der Waals surface area (Å²) in [5.74, 6) is 0.00148. The van der Waals surface area contributed by atoms with Gasteiger partial charge in [-0.1, -0.05) is 19.1 Å². The Morgan fingerprint density at radius 2 is 1.85 bits per heavy atom. The molecule has 1 fully saturated rings. The predicted octanol–water partition coefficient (Wildman–Crippen LogP) is 1.24. The second-order valence-corrected chi connectivity index (χ2v) is 4.90. The van der Waals surface area contributed by atoms with Crippen molar-refractivity contribution in [1.82, 2.24) is 20.2 Å². The molecule has 20 heavy (non-hydrogen) atoms. The van der Waals surface area contributed by atoms with Crippen LogP contribution in [0.1, 0.15) is 23.1 Å². The largest absolute Gasteiger partial charge is 0.335 e. The average Bonchev–Trinajstić information content (AvgIpc) is 2.53. The molecule has 5 nitrogen and oxygen atoms in total. The predicted molar refractivity (Wildman–Crippen MR) is 77.7 cm³/mol. The summed E-state index contributed by atoms with van der Waals surface area (Å²) in [6.07, 6.45) is 0.713. The van der Waals surface area contributed by atoms with E-state index in [1.54, 1.807) is 0 Å². The van der Waals surface area contributed by atoms with Crippen LogP contribution < -0.4 is 5.32 Å². The Labute approximate surface area is 118 Å². The zero-order valence-electron chi connectivity index (χ0n) is 11.6. The lowest BCUT2D eigenvalue weighted by atomic mass is 10.2. The van der Waals surface area contributed by atoms with Gasteiger partial charge in [-0.25, -0.2) is 9.97 Å². The quantitative estimate of drug-likeness (QED) is 0.892. The van der Waals surface area contributed by atoms with E-state index in [0.717, 1.165) is 42.9 Å². The van der Waals surface area contributed by atoms with Gasteiger partial charge in [0, 0.05) is 26.2 Å². The standard InChI is InChI=1S/C15H18N4O/c1-2-11-14(15(20)19-9-7-16-8-10-19)18-13-6-4-3-5-12(13)17-11/h3-6,16H,2,7-10H2,1H3. The minimum absolute atomic E-state index is 0.00148. The van der Waals surface area contributed by atoms with E-state index in [-0.39, 0.29) is 5.91 Å². The number of carbonyl (C=O) groups excluding carboxylic acids is 1. The Bertz CT molecular complexity index is 635. The number of piperazine rings is 1. The number of nitrogens with zero attached hydrogens (tertiary/aromatic N) is 3. The van der Waals surface area contributed by atoms with Crippen molar-refractivity contribution in [2.75, 3.05) is 26.2 Å². The Kier molecular flexibility index (Phi) is 3.60. The Hall–Kier alpha value is -2.01.